The van der Waals surface area contributed by atoms with Gasteiger partial charge >= 0.3 is 0 Å². The molecule has 118 valence electrons. The van der Waals surface area contributed by atoms with Crippen molar-refractivity contribution in [1.82, 2.24) is 15.1 Å². The predicted octanol–water partition coefficient (Wildman–Crippen LogP) is 3.41. The third kappa shape index (κ3) is 3.39. The van der Waals surface area contributed by atoms with Crippen LogP contribution in [0.1, 0.15) is 22.5 Å². The van der Waals surface area contributed by atoms with Gasteiger partial charge in [0.2, 0.25) is 0 Å². The van der Waals surface area contributed by atoms with Gasteiger partial charge < -0.3 is 4.90 Å². The zero-order chi connectivity index (χ0) is 16.2. The molecular formula is C18H18FN3O. The molecule has 1 amide bonds. The minimum atomic E-state index is -0.288. The number of aromatic amines is 1. The summed E-state index contributed by atoms with van der Waals surface area (Å²) >= 11 is 0. The number of carbonyl (C=O) groups is 1. The van der Waals surface area contributed by atoms with E-state index in [9.17, 15) is 9.18 Å². The summed E-state index contributed by atoms with van der Waals surface area (Å²) in [5.74, 6) is -0.272. The Morgan fingerprint density at radius 2 is 2.00 bits per heavy atom. The molecule has 0 fully saturated rings. The molecule has 1 heterocycles. The molecule has 0 spiro atoms. The minimum Gasteiger partial charge on any atom is -0.342 e. The van der Waals surface area contributed by atoms with Gasteiger partial charge in [0, 0.05) is 36.3 Å². The van der Waals surface area contributed by atoms with Crippen molar-refractivity contribution in [3.05, 3.63) is 65.6 Å². The number of amides is 1. The monoisotopic (exact) mass is 311 g/mol. The van der Waals surface area contributed by atoms with E-state index in [0.29, 0.717) is 17.6 Å². The van der Waals surface area contributed by atoms with Crippen molar-refractivity contribution < 1.29 is 9.18 Å². The number of carbonyl (C=O) groups excluding carboxylic acids is 1. The fourth-order valence-electron chi connectivity index (χ4n) is 2.63. The molecule has 0 atom stereocenters. The van der Waals surface area contributed by atoms with Gasteiger partial charge in [0.05, 0.1) is 5.52 Å². The summed E-state index contributed by atoms with van der Waals surface area (Å²) in [4.78, 5) is 14.0. The van der Waals surface area contributed by atoms with Crippen LogP contribution in [0, 0.1) is 5.82 Å². The summed E-state index contributed by atoms with van der Waals surface area (Å²) in [5, 5.41) is 8.00. The molecule has 23 heavy (non-hydrogen) atoms. The second-order valence-corrected chi connectivity index (χ2v) is 5.56. The van der Waals surface area contributed by atoms with Gasteiger partial charge in [-0.15, -0.1) is 0 Å². The van der Waals surface area contributed by atoms with Crippen molar-refractivity contribution in [2.45, 2.75) is 12.8 Å². The van der Waals surface area contributed by atoms with Crippen molar-refractivity contribution in [3.63, 3.8) is 0 Å². The molecule has 1 N–H and O–H groups in total. The smallest absolute Gasteiger partial charge is 0.253 e. The predicted molar refractivity (Wildman–Crippen MR) is 87.8 cm³/mol. The number of benzene rings is 2. The summed E-state index contributed by atoms with van der Waals surface area (Å²) in [6.45, 7) is 0.648. The van der Waals surface area contributed by atoms with Crippen LogP contribution >= 0.6 is 0 Å². The van der Waals surface area contributed by atoms with Crippen LogP contribution in [0.3, 0.4) is 0 Å². The molecule has 4 nitrogen and oxygen atoms in total. The molecule has 1 aromatic heterocycles. The van der Waals surface area contributed by atoms with Crippen LogP contribution in [0.5, 0.6) is 0 Å². The second-order valence-electron chi connectivity index (χ2n) is 5.56. The van der Waals surface area contributed by atoms with Gasteiger partial charge in [-0.05, 0) is 37.1 Å². The SMILES string of the molecule is CN(CCCc1[nH]nc2cc(F)ccc12)C(=O)c1ccccc1. The molecule has 0 radical (unpaired) electrons. The average molecular weight is 311 g/mol. The number of fused-ring (bicyclic) bond motifs is 1. The first kappa shape index (κ1) is 15.2. The molecule has 0 aliphatic rings. The highest BCUT2D eigenvalue weighted by Gasteiger charge is 2.11. The molecular weight excluding hydrogens is 293 g/mol. The second kappa shape index (κ2) is 6.60. The lowest BCUT2D eigenvalue weighted by molar-refractivity contribution is 0.0793. The topological polar surface area (TPSA) is 49.0 Å². The van der Waals surface area contributed by atoms with E-state index in [-0.39, 0.29) is 11.7 Å². The first-order valence-corrected chi connectivity index (χ1v) is 7.58. The maximum absolute atomic E-state index is 13.2. The van der Waals surface area contributed by atoms with Crippen LogP contribution < -0.4 is 0 Å². The van der Waals surface area contributed by atoms with Gasteiger partial charge in [-0.25, -0.2) is 4.39 Å². The fraction of sp³-hybridized carbons (Fsp3) is 0.222. The molecule has 0 saturated carbocycles. The first-order valence-electron chi connectivity index (χ1n) is 7.58. The highest BCUT2D eigenvalue weighted by atomic mass is 19.1. The van der Waals surface area contributed by atoms with Crippen LogP contribution in [0.4, 0.5) is 4.39 Å². The number of aryl methyl sites for hydroxylation is 1. The third-order valence-electron chi connectivity index (χ3n) is 3.88. The van der Waals surface area contributed by atoms with Gasteiger partial charge in [0.15, 0.2) is 0 Å². The number of nitrogens with one attached hydrogen (secondary N) is 1. The summed E-state index contributed by atoms with van der Waals surface area (Å²) in [7, 11) is 1.80. The number of rotatable bonds is 5. The van der Waals surface area contributed by atoms with Crippen molar-refractivity contribution in [1.29, 1.82) is 0 Å². The Kier molecular flexibility index (Phi) is 4.37. The Balaban J connectivity index is 1.59. The number of aromatic nitrogens is 2. The fourth-order valence-corrected chi connectivity index (χ4v) is 2.63. The molecule has 0 saturated heterocycles. The van der Waals surface area contributed by atoms with Gasteiger partial charge in [0.1, 0.15) is 5.82 Å². The number of hydrogen-bond acceptors (Lipinski definition) is 2. The van der Waals surface area contributed by atoms with Crippen molar-refractivity contribution in [2.24, 2.45) is 0 Å². The van der Waals surface area contributed by atoms with Crippen molar-refractivity contribution in [3.8, 4) is 0 Å². The Hall–Kier alpha value is -2.69. The highest BCUT2D eigenvalue weighted by Crippen LogP contribution is 2.18. The lowest BCUT2D eigenvalue weighted by atomic mass is 10.1. The standard InChI is InChI=1S/C18H18FN3O/c1-22(18(23)13-6-3-2-4-7-13)11-5-8-16-15-10-9-14(19)12-17(15)21-20-16/h2-4,6-7,9-10,12H,5,8,11H2,1H3,(H,20,21). The van der Waals surface area contributed by atoms with E-state index in [0.717, 1.165) is 23.9 Å². The van der Waals surface area contributed by atoms with E-state index in [1.54, 1.807) is 18.0 Å². The first-order chi connectivity index (χ1) is 11.1. The normalized spacial score (nSPS) is 10.9. The lowest BCUT2D eigenvalue weighted by Gasteiger charge is -2.16. The molecule has 0 aliphatic heterocycles. The minimum absolute atomic E-state index is 0.0159. The summed E-state index contributed by atoms with van der Waals surface area (Å²) in [6.07, 6.45) is 1.57. The Morgan fingerprint density at radius 3 is 2.78 bits per heavy atom. The highest BCUT2D eigenvalue weighted by molar-refractivity contribution is 5.93. The maximum Gasteiger partial charge on any atom is 0.253 e. The molecule has 5 heteroatoms. The van der Waals surface area contributed by atoms with Gasteiger partial charge in [0.25, 0.3) is 5.91 Å². The van der Waals surface area contributed by atoms with Crippen LogP contribution in [0.15, 0.2) is 48.5 Å². The maximum atomic E-state index is 13.2. The molecule has 3 aromatic rings. The number of H-pyrrole nitrogens is 1. The van der Waals surface area contributed by atoms with Crippen LogP contribution in [-0.4, -0.2) is 34.6 Å². The van der Waals surface area contributed by atoms with E-state index in [2.05, 4.69) is 10.2 Å². The number of hydrogen-bond donors (Lipinski definition) is 1. The lowest BCUT2D eigenvalue weighted by Crippen LogP contribution is -2.27. The Morgan fingerprint density at radius 1 is 1.22 bits per heavy atom. The molecule has 0 bridgehead atoms. The summed E-state index contributed by atoms with van der Waals surface area (Å²) in [6, 6.07) is 13.8. The summed E-state index contributed by atoms with van der Waals surface area (Å²) < 4.78 is 13.2. The zero-order valence-electron chi connectivity index (χ0n) is 12.9. The largest absolute Gasteiger partial charge is 0.342 e. The number of halogens is 1. The van der Waals surface area contributed by atoms with Gasteiger partial charge in [-0.1, -0.05) is 18.2 Å². The van der Waals surface area contributed by atoms with Gasteiger partial charge in [-0.3, -0.25) is 9.89 Å². The Bertz CT molecular complexity index is 814. The van der Waals surface area contributed by atoms with E-state index >= 15 is 0 Å². The third-order valence-corrected chi connectivity index (χ3v) is 3.88. The molecule has 0 unspecified atom stereocenters. The van der Waals surface area contributed by atoms with Crippen LogP contribution in [0.25, 0.3) is 10.9 Å². The Labute approximate surface area is 133 Å². The van der Waals surface area contributed by atoms with E-state index in [4.69, 9.17) is 0 Å². The van der Waals surface area contributed by atoms with Crippen molar-refractivity contribution in [2.75, 3.05) is 13.6 Å². The van der Waals surface area contributed by atoms with E-state index in [1.807, 2.05) is 30.3 Å². The van der Waals surface area contributed by atoms with E-state index < -0.39 is 0 Å². The van der Waals surface area contributed by atoms with E-state index in [1.165, 1.54) is 12.1 Å². The van der Waals surface area contributed by atoms with Crippen molar-refractivity contribution >= 4 is 16.8 Å². The zero-order valence-corrected chi connectivity index (χ0v) is 12.9. The quantitative estimate of drug-likeness (QED) is 0.785. The average Bonchev–Trinajstić information content (AvgIpc) is 2.97. The molecule has 0 aliphatic carbocycles. The molecule has 2 aromatic carbocycles. The molecule has 3 rings (SSSR count). The summed E-state index contributed by atoms with van der Waals surface area (Å²) in [5.41, 5.74) is 2.30. The van der Waals surface area contributed by atoms with Crippen LogP contribution in [-0.2, 0) is 6.42 Å². The number of nitrogens with zero attached hydrogens (tertiary/aromatic N) is 2. The van der Waals surface area contributed by atoms with Crippen LogP contribution in [0.2, 0.25) is 0 Å². The van der Waals surface area contributed by atoms with Gasteiger partial charge in [-0.2, -0.15) is 5.10 Å².